The van der Waals surface area contributed by atoms with Crippen LogP contribution in [0.25, 0.3) is 88.5 Å². The zero-order valence-electron chi connectivity index (χ0n) is 26.0. The van der Waals surface area contributed by atoms with Gasteiger partial charge in [-0.05, 0) is 66.7 Å². The van der Waals surface area contributed by atoms with Gasteiger partial charge in [0.2, 0.25) is 0 Å². The average Bonchev–Trinajstić information content (AvgIpc) is 3.68. The number of hydrogen-bond acceptors (Lipinski definition) is 2. The summed E-state index contributed by atoms with van der Waals surface area (Å²) in [5.41, 5.74) is 11.0. The summed E-state index contributed by atoms with van der Waals surface area (Å²) in [6, 6.07) is 60.0. The maximum Gasteiger partial charge on any atom is 0.160 e. The maximum absolute atomic E-state index is 5.10. The fraction of sp³-hybridized carbons (Fsp3) is 0. The lowest BCUT2D eigenvalue weighted by Gasteiger charge is -2.11. The Morgan fingerprint density at radius 3 is 1.46 bits per heavy atom. The predicted molar refractivity (Wildman–Crippen MR) is 199 cm³/mol. The van der Waals surface area contributed by atoms with Gasteiger partial charge in [-0.15, -0.1) is 0 Å². The van der Waals surface area contributed by atoms with Crippen molar-refractivity contribution in [2.75, 3.05) is 0 Å². The molecule has 0 N–H and O–H groups in total. The first-order valence-electron chi connectivity index (χ1n) is 16.3. The van der Waals surface area contributed by atoms with Crippen molar-refractivity contribution in [3.05, 3.63) is 170 Å². The van der Waals surface area contributed by atoms with Crippen LogP contribution in [0.15, 0.2) is 170 Å². The SMILES string of the molecule is c1ccc(-c2nc(-c3ccc(-n4c5ccccc5c5c6c7ccccc7n(-c7ccccc7)c6ccc54)cc3)nc3ccccc23)cc1. The molecule has 3 heterocycles. The molecule has 0 spiro atoms. The van der Waals surface area contributed by atoms with Crippen molar-refractivity contribution < 1.29 is 0 Å². The van der Waals surface area contributed by atoms with E-state index >= 15 is 0 Å². The van der Waals surface area contributed by atoms with Crippen molar-refractivity contribution in [2.24, 2.45) is 0 Å². The van der Waals surface area contributed by atoms with Gasteiger partial charge < -0.3 is 9.13 Å². The van der Waals surface area contributed by atoms with Crippen molar-refractivity contribution in [3.63, 3.8) is 0 Å². The normalized spacial score (nSPS) is 11.8. The van der Waals surface area contributed by atoms with E-state index in [-0.39, 0.29) is 0 Å². The molecule has 10 rings (SSSR count). The van der Waals surface area contributed by atoms with Crippen molar-refractivity contribution >= 4 is 54.5 Å². The van der Waals surface area contributed by atoms with E-state index in [0.717, 1.165) is 44.9 Å². The number of para-hydroxylation sites is 4. The summed E-state index contributed by atoms with van der Waals surface area (Å²) in [7, 11) is 0. The van der Waals surface area contributed by atoms with Crippen LogP contribution < -0.4 is 0 Å². The number of rotatable bonds is 4. The van der Waals surface area contributed by atoms with Crippen LogP contribution in [0.5, 0.6) is 0 Å². The monoisotopic (exact) mass is 612 g/mol. The van der Waals surface area contributed by atoms with Gasteiger partial charge in [0, 0.05) is 49.4 Å². The van der Waals surface area contributed by atoms with E-state index in [1.54, 1.807) is 0 Å². The molecule has 3 aromatic heterocycles. The molecule has 0 saturated heterocycles. The van der Waals surface area contributed by atoms with Crippen molar-refractivity contribution in [3.8, 4) is 34.0 Å². The van der Waals surface area contributed by atoms with E-state index in [9.17, 15) is 0 Å². The summed E-state index contributed by atoms with van der Waals surface area (Å²) in [5, 5.41) is 6.08. The lowest BCUT2D eigenvalue weighted by atomic mass is 10.1. The highest BCUT2D eigenvalue weighted by atomic mass is 15.0. The molecule has 0 aliphatic carbocycles. The van der Waals surface area contributed by atoms with Crippen molar-refractivity contribution in [1.82, 2.24) is 19.1 Å². The topological polar surface area (TPSA) is 35.6 Å². The average molecular weight is 613 g/mol. The Morgan fingerprint density at radius 2 is 0.833 bits per heavy atom. The molecule has 0 bridgehead atoms. The number of fused-ring (bicyclic) bond motifs is 8. The van der Waals surface area contributed by atoms with Crippen LogP contribution in [-0.2, 0) is 0 Å². The van der Waals surface area contributed by atoms with Gasteiger partial charge in [0.1, 0.15) is 0 Å². The first-order valence-corrected chi connectivity index (χ1v) is 16.3. The van der Waals surface area contributed by atoms with Crippen LogP contribution in [-0.4, -0.2) is 19.1 Å². The van der Waals surface area contributed by atoms with Gasteiger partial charge in [-0.2, -0.15) is 0 Å². The molecule has 0 atom stereocenters. The van der Waals surface area contributed by atoms with E-state index in [2.05, 4.69) is 161 Å². The van der Waals surface area contributed by atoms with E-state index in [1.165, 1.54) is 43.6 Å². The fourth-order valence-corrected chi connectivity index (χ4v) is 7.43. The molecule has 0 aliphatic rings. The standard InChI is InChI=1S/C44H28N4/c1-3-13-29(14-4-1)43-33-17-7-10-20-36(33)45-44(46-43)30-23-25-32(26-24-30)48-38-22-12-9-19-35(38)42-40(48)28-27-39-41(42)34-18-8-11-21-37(34)47(39)31-15-5-2-6-16-31/h1-28H. The van der Waals surface area contributed by atoms with Crippen LogP contribution in [0.2, 0.25) is 0 Å². The molecule has 48 heavy (non-hydrogen) atoms. The molecule has 0 amide bonds. The van der Waals surface area contributed by atoms with Gasteiger partial charge in [0.05, 0.1) is 33.3 Å². The number of hydrogen-bond donors (Lipinski definition) is 0. The Kier molecular flexibility index (Phi) is 5.84. The molecule has 0 fully saturated rings. The van der Waals surface area contributed by atoms with Crippen LogP contribution in [0, 0.1) is 0 Å². The Balaban J connectivity index is 1.18. The van der Waals surface area contributed by atoms with Crippen LogP contribution in [0.3, 0.4) is 0 Å². The maximum atomic E-state index is 5.10. The lowest BCUT2D eigenvalue weighted by Crippen LogP contribution is -1.97. The first kappa shape index (κ1) is 26.7. The summed E-state index contributed by atoms with van der Waals surface area (Å²) >= 11 is 0. The second-order valence-corrected chi connectivity index (χ2v) is 12.2. The van der Waals surface area contributed by atoms with E-state index < -0.39 is 0 Å². The molecule has 4 nitrogen and oxygen atoms in total. The van der Waals surface area contributed by atoms with Gasteiger partial charge in [-0.1, -0.05) is 103 Å². The highest BCUT2D eigenvalue weighted by molar-refractivity contribution is 6.28. The zero-order chi connectivity index (χ0) is 31.6. The minimum Gasteiger partial charge on any atom is -0.309 e. The Labute approximate surface area is 276 Å². The van der Waals surface area contributed by atoms with Gasteiger partial charge >= 0.3 is 0 Å². The van der Waals surface area contributed by atoms with Gasteiger partial charge in [-0.25, -0.2) is 9.97 Å². The Bertz CT molecular complexity index is 2810. The summed E-state index contributed by atoms with van der Waals surface area (Å²) in [6.07, 6.45) is 0. The molecular formula is C44H28N4. The highest BCUT2D eigenvalue weighted by Gasteiger charge is 2.20. The smallest absolute Gasteiger partial charge is 0.160 e. The Morgan fingerprint density at radius 1 is 0.333 bits per heavy atom. The zero-order valence-corrected chi connectivity index (χ0v) is 26.0. The van der Waals surface area contributed by atoms with E-state index in [1.807, 2.05) is 18.2 Å². The summed E-state index contributed by atoms with van der Waals surface area (Å²) in [6.45, 7) is 0. The van der Waals surface area contributed by atoms with Crippen LogP contribution in [0.1, 0.15) is 0 Å². The van der Waals surface area contributed by atoms with Crippen LogP contribution >= 0.6 is 0 Å². The third kappa shape index (κ3) is 3.96. The van der Waals surface area contributed by atoms with Crippen LogP contribution in [0.4, 0.5) is 0 Å². The van der Waals surface area contributed by atoms with E-state index in [4.69, 9.17) is 9.97 Å². The summed E-state index contributed by atoms with van der Waals surface area (Å²) < 4.78 is 4.78. The lowest BCUT2D eigenvalue weighted by molar-refractivity contribution is 1.17. The minimum absolute atomic E-state index is 0.719. The van der Waals surface area contributed by atoms with Gasteiger partial charge in [0.15, 0.2) is 5.82 Å². The summed E-state index contributed by atoms with van der Waals surface area (Å²) in [4.78, 5) is 10.1. The van der Waals surface area contributed by atoms with Gasteiger partial charge in [-0.3, -0.25) is 0 Å². The fourth-order valence-electron chi connectivity index (χ4n) is 7.43. The van der Waals surface area contributed by atoms with Crippen molar-refractivity contribution in [1.29, 1.82) is 0 Å². The molecule has 0 aliphatic heterocycles. The minimum atomic E-state index is 0.719. The second-order valence-electron chi connectivity index (χ2n) is 12.2. The number of aromatic nitrogens is 4. The third-order valence-corrected chi connectivity index (χ3v) is 9.52. The summed E-state index contributed by atoms with van der Waals surface area (Å²) in [5.74, 6) is 0.719. The quantitative estimate of drug-likeness (QED) is 0.198. The van der Waals surface area contributed by atoms with E-state index in [0.29, 0.717) is 0 Å². The Hall–Kier alpha value is -6.52. The molecule has 4 heteroatoms. The molecule has 0 radical (unpaired) electrons. The number of nitrogens with zero attached hydrogens (tertiary/aromatic N) is 4. The molecular weight excluding hydrogens is 585 g/mol. The molecule has 224 valence electrons. The predicted octanol–water partition coefficient (Wildman–Crippen LogP) is 11.2. The molecule has 7 aromatic carbocycles. The third-order valence-electron chi connectivity index (χ3n) is 9.52. The highest BCUT2D eigenvalue weighted by Crippen LogP contribution is 2.42. The second kappa shape index (κ2) is 10.5. The first-order chi connectivity index (χ1) is 23.8. The molecule has 0 unspecified atom stereocenters. The van der Waals surface area contributed by atoms with Gasteiger partial charge in [0.25, 0.3) is 0 Å². The van der Waals surface area contributed by atoms with Crippen molar-refractivity contribution in [2.45, 2.75) is 0 Å². The number of benzene rings is 7. The largest absolute Gasteiger partial charge is 0.309 e. The molecule has 10 aromatic rings. The molecule has 0 saturated carbocycles.